The number of carbonyl (C=O) groups excluding carboxylic acids is 1. The summed E-state index contributed by atoms with van der Waals surface area (Å²) in [5.41, 5.74) is 3.02. The van der Waals surface area contributed by atoms with Gasteiger partial charge in [-0.15, -0.1) is 0 Å². The molecule has 2 N–H and O–H groups in total. The number of aryl methyl sites for hydroxylation is 2. The molecule has 2 aromatic heterocycles. The molecule has 7 nitrogen and oxygen atoms in total. The van der Waals surface area contributed by atoms with E-state index in [1.165, 1.54) is 0 Å². The number of nitrogens with zero attached hydrogens (tertiary/aromatic N) is 3. The smallest absolute Gasteiger partial charge is 0.254 e. The lowest BCUT2D eigenvalue weighted by Crippen LogP contribution is -2.25. The van der Waals surface area contributed by atoms with Crippen LogP contribution in [0.5, 0.6) is 0 Å². The minimum Gasteiger partial charge on any atom is -0.352 e. The third-order valence-electron chi connectivity index (χ3n) is 4.19. The number of rotatable bonds is 6. The second kappa shape index (κ2) is 7.77. The van der Waals surface area contributed by atoms with Gasteiger partial charge >= 0.3 is 0 Å². The zero-order valence-corrected chi connectivity index (χ0v) is 14.8. The number of aromatic nitrogens is 4. The maximum atomic E-state index is 12.2. The van der Waals surface area contributed by atoms with Gasteiger partial charge in [0.1, 0.15) is 5.82 Å². The Bertz CT molecular complexity index is 960. The second-order valence-corrected chi connectivity index (χ2v) is 6.09. The highest BCUT2D eigenvalue weighted by atomic mass is 16.1. The number of carbonyl (C=O) groups is 1. The molecule has 0 bridgehead atoms. The van der Waals surface area contributed by atoms with Gasteiger partial charge in [0, 0.05) is 36.6 Å². The molecule has 7 heteroatoms. The van der Waals surface area contributed by atoms with Gasteiger partial charge in [-0.1, -0.05) is 18.2 Å². The van der Waals surface area contributed by atoms with E-state index >= 15 is 0 Å². The van der Waals surface area contributed by atoms with Crippen LogP contribution in [0, 0.1) is 13.8 Å². The molecule has 3 rings (SSSR count). The first kappa shape index (κ1) is 17.6. The first-order valence-corrected chi connectivity index (χ1v) is 8.44. The number of H-pyrrole nitrogens is 1. The number of amides is 1. The number of nitrogens with one attached hydrogen (secondary N) is 2. The third kappa shape index (κ3) is 4.05. The van der Waals surface area contributed by atoms with Crippen molar-refractivity contribution in [3.8, 4) is 5.69 Å². The van der Waals surface area contributed by atoms with Crippen molar-refractivity contribution < 1.29 is 4.79 Å². The van der Waals surface area contributed by atoms with E-state index in [-0.39, 0.29) is 17.9 Å². The Balaban J connectivity index is 1.62. The van der Waals surface area contributed by atoms with E-state index in [9.17, 15) is 9.59 Å². The summed E-state index contributed by atoms with van der Waals surface area (Å²) in [4.78, 5) is 35.2. The second-order valence-electron chi connectivity index (χ2n) is 6.09. The Morgan fingerprint density at radius 3 is 2.81 bits per heavy atom. The largest absolute Gasteiger partial charge is 0.352 e. The van der Waals surface area contributed by atoms with Crippen molar-refractivity contribution in [3.63, 3.8) is 0 Å². The Morgan fingerprint density at radius 2 is 2.08 bits per heavy atom. The van der Waals surface area contributed by atoms with Crippen LogP contribution < -0.4 is 10.9 Å². The fraction of sp³-hybridized carbons (Fsp3) is 0.263. The van der Waals surface area contributed by atoms with Crippen molar-refractivity contribution in [2.75, 3.05) is 0 Å². The van der Waals surface area contributed by atoms with Crippen LogP contribution in [0.4, 0.5) is 0 Å². The monoisotopic (exact) mass is 351 g/mol. The quantitative estimate of drug-likeness (QED) is 0.708. The summed E-state index contributed by atoms with van der Waals surface area (Å²) < 4.78 is 1.91. The van der Waals surface area contributed by atoms with Crippen molar-refractivity contribution in [1.82, 2.24) is 24.8 Å². The first-order chi connectivity index (χ1) is 12.5. The van der Waals surface area contributed by atoms with Gasteiger partial charge in [-0.05, 0) is 31.9 Å². The average molecular weight is 351 g/mol. The van der Waals surface area contributed by atoms with Gasteiger partial charge in [-0.2, -0.15) is 0 Å². The molecule has 3 aromatic rings. The molecule has 0 aliphatic carbocycles. The van der Waals surface area contributed by atoms with E-state index in [0.717, 1.165) is 11.3 Å². The Morgan fingerprint density at radius 1 is 1.27 bits per heavy atom. The number of hydrogen-bond donors (Lipinski definition) is 2. The topological polar surface area (TPSA) is 92.7 Å². The molecule has 26 heavy (non-hydrogen) atoms. The summed E-state index contributed by atoms with van der Waals surface area (Å²) >= 11 is 0. The third-order valence-corrected chi connectivity index (χ3v) is 4.19. The Hall–Kier alpha value is -3.22. The molecule has 0 saturated heterocycles. The predicted molar refractivity (Wildman–Crippen MR) is 98.1 cm³/mol. The van der Waals surface area contributed by atoms with E-state index < -0.39 is 0 Å². The first-order valence-electron chi connectivity index (χ1n) is 8.44. The van der Waals surface area contributed by atoms with Crippen LogP contribution in [0.1, 0.15) is 29.1 Å². The predicted octanol–water partition coefficient (Wildman–Crippen LogP) is 1.82. The van der Waals surface area contributed by atoms with Crippen molar-refractivity contribution in [2.24, 2.45) is 0 Å². The molecule has 0 aliphatic heterocycles. The molecule has 0 radical (unpaired) electrons. The molecule has 1 aromatic carbocycles. The number of hydrogen-bond acceptors (Lipinski definition) is 4. The van der Waals surface area contributed by atoms with Gasteiger partial charge in [0.05, 0.1) is 12.0 Å². The van der Waals surface area contributed by atoms with E-state index in [0.29, 0.717) is 30.0 Å². The summed E-state index contributed by atoms with van der Waals surface area (Å²) in [5, 5.41) is 2.92. The average Bonchev–Trinajstić information content (AvgIpc) is 3.13. The fourth-order valence-corrected chi connectivity index (χ4v) is 2.88. The van der Waals surface area contributed by atoms with Gasteiger partial charge < -0.3 is 14.9 Å². The van der Waals surface area contributed by atoms with Crippen molar-refractivity contribution in [1.29, 1.82) is 0 Å². The molecule has 0 saturated carbocycles. The highest BCUT2D eigenvalue weighted by Crippen LogP contribution is 2.14. The molecule has 0 atom stereocenters. The van der Waals surface area contributed by atoms with Gasteiger partial charge in [-0.3, -0.25) is 9.59 Å². The van der Waals surface area contributed by atoms with E-state index in [4.69, 9.17) is 0 Å². The maximum Gasteiger partial charge on any atom is 0.254 e. The SMILES string of the molecule is Cc1nc(C)c(CCC(=O)NCc2ccccc2-n2ccnc2)c(=O)[nH]1. The Kier molecular flexibility index (Phi) is 5.26. The lowest BCUT2D eigenvalue weighted by molar-refractivity contribution is -0.121. The number of para-hydroxylation sites is 1. The maximum absolute atomic E-state index is 12.2. The zero-order chi connectivity index (χ0) is 18.5. The van der Waals surface area contributed by atoms with Crippen LogP contribution in [0.15, 0.2) is 47.8 Å². The van der Waals surface area contributed by atoms with E-state index in [1.807, 2.05) is 35.0 Å². The number of benzene rings is 1. The van der Waals surface area contributed by atoms with Gasteiger partial charge in [0.25, 0.3) is 5.56 Å². The summed E-state index contributed by atoms with van der Waals surface area (Å²) in [6.45, 7) is 3.94. The highest BCUT2D eigenvalue weighted by molar-refractivity contribution is 5.76. The lowest BCUT2D eigenvalue weighted by atomic mass is 10.1. The molecular weight excluding hydrogens is 330 g/mol. The highest BCUT2D eigenvalue weighted by Gasteiger charge is 2.10. The molecular formula is C19H21N5O2. The summed E-state index contributed by atoms with van der Waals surface area (Å²) in [6.07, 6.45) is 5.90. The normalized spacial score (nSPS) is 10.7. The minimum absolute atomic E-state index is 0.107. The standard InChI is InChI=1S/C19H21N5O2/c1-13-16(19(26)23-14(2)22-13)7-8-18(25)21-11-15-5-3-4-6-17(15)24-10-9-20-12-24/h3-6,9-10,12H,7-8,11H2,1-2H3,(H,21,25)(H,22,23,26). The zero-order valence-electron chi connectivity index (χ0n) is 14.8. The van der Waals surface area contributed by atoms with Crippen LogP contribution in [0.2, 0.25) is 0 Å². The molecule has 134 valence electrons. The van der Waals surface area contributed by atoms with Crippen LogP contribution in [-0.4, -0.2) is 25.4 Å². The van der Waals surface area contributed by atoms with Crippen LogP contribution >= 0.6 is 0 Å². The molecule has 2 heterocycles. The van der Waals surface area contributed by atoms with Crippen LogP contribution in [0.3, 0.4) is 0 Å². The van der Waals surface area contributed by atoms with Crippen LogP contribution in [0.25, 0.3) is 5.69 Å². The summed E-state index contributed by atoms with van der Waals surface area (Å²) in [6, 6.07) is 7.82. The Labute approximate surface area is 151 Å². The molecule has 0 spiro atoms. The summed E-state index contributed by atoms with van der Waals surface area (Å²) in [7, 11) is 0. The minimum atomic E-state index is -0.173. The van der Waals surface area contributed by atoms with Gasteiger partial charge in [0.15, 0.2) is 0 Å². The van der Waals surface area contributed by atoms with E-state index in [1.54, 1.807) is 26.4 Å². The summed E-state index contributed by atoms with van der Waals surface area (Å²) in [5.74, 6) is 0.474. The number of imidazole rings is 1. The molecule has 1 amide bonds. The fourth-order valence-electron chi connectivity index (χ4n) is 2.88. The molecule has 0 aliphatic rings. The van der Waals surface area contributed by atoms with E-state index in [2.05, 4.69) is 20.3 Å². The van der Waals surface area contributed by atoms with Crippen LogP contribution in [-0.2, 0) is 17.8 Å². The lowest BCUT2D eigenvalue weighted by Gasteiger charge is -2.11. The molecule has 0 unspecified atom stereocenters. The van der Waals surface area contributed by atoms with Gasteiger partial charge in [0.2, 0.25) is 5.91 Å². The number of aromatic amines is 1. The molecule has 0 fully saturated rings. The van der Waals surface area contributed by atoms with Gasteiger partial charge in [-0.25, -0.2) is 9.97 Å². The van der Waals surface area contributed by atoms with Crippen molar-refractivity contribution >= 4 is 5.91 Å². The van der Waals surface area contributed by atoms with Crippen molar-refractivity contribution in [2.45, 2.75) is 33.2 Å². The van der Waals surface area contributed by atoms with Crippen molar-refractivity contribution in [3.05, 3.63) is 76.0 Å².